The van der Waals surface area contributed by atoms with Gasteiger partial charge in [-0.05, 0) is 63.3 Å². The molecule has 1 unspecified atom stereocenters. The number of piperidine rings is 1. The molecule has 1 fully saturated rings. The van der Waals surface area contributed by atoms with Crippen molar-refractivity contribution in [2.24, 2.45) is 5.92 Å². The number of benzene rings is 2. The standard InChI is InChI=1S/C24H32FN3O3/c1-17(26-21-9-6-8-20(25)14-21)23(29)28-12-11-24(30,19(16-28)15-27(2)3)18-7-5-10-22(13-18)31-4/h5-10,13-14,17,19,26,30H,11-12,15-16H2,1-4H3/t17?,19-,24-/m1/s1. The number of methoxy groups -OCH3 is 1. The second-order valence-corrected chi connectivity index (χ2v) is 8.53. The van der Waals surface area contributed by atoms with Crippen LogP contribution in [0.25, 0.3) is 0 Å². The zero-order valence-corrected chi connectivity index (χ0v) is 18.6. The first-order chi connectivity index (χ1) is 14.7. The monoisotopic (exact) mass is 429 g/mol. The molecule has 2 N–H and O–H groups in total. The largest absolute Gasteiger partial charge is 0.497 e. The summed E-state index contributed by atoms with van der Waals surface area (Å²) in [6.07, 6.45) is 0.428. The van der Waals surface area contributed by atoms with Gasteiger partial charge >= 0.3 is 0 Å². The van der Waals surface area contributed by atoms with Crippen molar-refractivity contribution in [3.05, 3.63) is 59.9 Å². The van der Waals surface area contributed by atoms with Crippen LogP contribution in [0, 0.1) is 11.7 Å². The highest BCUT2D eigenvalue weighted by Gasteiger charge is 2.44. The number of nitrogens with one attached hydrogen (secondary N) is 1. The van der Waals surface area contributed by atoms with Crippen molar-refractivity contribution in [2.75, 3.05) is 46.2 Å². The predicted molar refractivity (Wildman–Crippen MR) is 120 cm³/mol. The Morgan fingerprint density at radius 1 is 1.32 bits per heavy atom. The summed E-state index contributed by atoms with van der Waals surface area (Å²) >= 11 is 0. The van der Waals surface area contributed by atoms with Gasteiger partial charge in [-0.25, -0.2) is 4.39 Å². The number of amides is 1. The van der Waals surface area contributed by atoms with Crippen LogP contribution in [0.3, 0.4) is 0 Å². The average Bonchev–Trinajstić information content (AvgIpc) is 2.74. The zero-order chi connectivity index (χ0) is 22.6. The quantitative estimate of drug-likeness (QED) is 0.709. The second kappa shape index (κ2) is 9.66. The van der Waals surface area contributed by atoms with E-state index in [1.165, 1.54) is 12.1 Å². The molecule has 3 rings (SSSR count). The summed E-state index contributed by atoms with van der Waals surface area (Å²) in [7, 11) is 5.52. The molecule has 7 heteroatoms. The average molecular weight is 430 g/mol. The van der Waals surface area contributed by atoms with Crippen molar-refractivity contribution < 1.29 is 19.0 Å². The summed E-state index contributed by atoms with van der Waals surface area (Å²) in [6.45, 7) is 3.27. The highest BCUT2D eigenvalue weighted by atomic mass is 19.1. The van der Waals surface area contributed by atoms with E-state index in [9.17, 15) is 14.3 Å². The molecule has 31 heavy (non-hydrogen) atoms. The lowest BCUT2D eigenvalue weighted by molar-refractivity contribution is -0.142. The Balaban J connectivity index is 1.77. The van der Waals surface area contributed by atoms with E-state index in [-0.39, 0.29) is 17.6 Å². The van der Waals surface area contributed by atoms with Crippen LogP contribution in [0.1, 0.15) is 18.9 Å². The first kappa shape index (κ1) is 23.0. The zero-order valence-electron chi connectivity index (χ0n) is 18.6. The number of anilines is 1. The van der Waals surface area contributed by atoms with E-state index >= 15 is 0 Å². The van der Waals surface area contributed by atoms with Crippen molar-refractivity contribution in [1.82, 2.24) is 9.80 Å². The molecule has 0 aliphatic carbocycles. The second-order valence-electron chi connectivity index (χ2n) is 8.53. The molecule has 2 aromatic rings. The van der Waals surface area contributed by atoms with E-state index in [2.05, 4.69) is 5.32 Å². The number of carbonyl (C=O) groups is 1. The van der Waals surface area contributed by atoms with Crippen LogP contribution in [-0.4, -0.2) is 67.7 Å². The number of carbonyl (C=O) groups excluding carboxylic acids is 1. The lowest BCUT2D eigenvalue weighted by Crippen LogP contribution is -2.56. The fourth-order valence-electron chi connectivity index (χ4n) is 4.30. The number of rotatable bonds is 7. The lowest BCUT2D eigenvalue weighted by Gasteiger charge is -2.46. The van der Waals surface area contributed by atoms with Crippen LogP contribution in [0.4, 0.5) is 10.1 Å². The summed E-state index contributed by atoms with van der Waals surface area (Å²) in [5, 5.41) is 14.8. The molecule has 168 valence electrons. The maximum atomic E-state index is 13.5. The molecule has 0 radical (unpaired) electrons. The van der Waals surface area contributed by atoms with E-state index in [1.807, 2.05) is 43.3 Å². The molecule has 0 saturated carbocycles. The van der Waals surface area contributed by atoms with Gasteiger partial charge in [0.05, 0.1) is 12.7 Å². The molecular formula is C24H32FN3O3. The third-order valence-electron chi connectivity index (χ3n) is 5.92. The molecular weight excluding hydrogens is 397 g/mol. The molecule has 1 heterocycles. The highest BCUT2D eigenvalue weighted by Crippen LogP contribution is 2.39. The smallest absolute Gasteiger partial charge is 0.244 e. The Morgan fingerprint density at radius 3 is 2.74 bits per heavy atom. The van der Waals surface area contributed by atoms with Crippen LogP contribution in [0.5, 0.6) is 5.75 Å². The number of nitrogens with zero attached hydrogens (tertiary/aromatic N) is 2. The number of hydrogen-bond donors (Lipinski definition) is 2. The Bertz CT molecular complexity index is 907. The van der Waals surface area contributed by atoms with Crippen molar-refractivity contribution in [3.8, 4) is 5.75 Å². The fourth-order valence-corrected chi connectivity index (χ4v) is 4.30. The summed E-state index contributed by atoms with van der Waals surface area (Å²) in [6, 6.07) is 13.1. The molecule has 1 amide bonds. The molecule has 1 aliphatic heterocycles. The molecule has 0 bridgehead atoms. The van der Waals surface area contributed by atoms with E-state index in [1.54, 1.807) is 31.1 Å². The van der Waals surface area contributed by atoms with Crippen LogP contribution >= 0.6 is 0 Å². The first-order valence-electron chi connectivity index (χ1n) is 10.6. The number of ether oxygens (including phenoxy) is 1. The molecule has 1 saturated heterocycles. The highest BCUT2D eigenvalue weighted by molar-refractivity contribution is 5.84. The number of halogens is 1. The van der Waals surface area contributed by atoms with Crippen molar-refractivity contribution in [3.63, 3.8) is 0 Å². The molecule has 0 aromatic heterocycles. The maximum absolute atomic E-state index is 13.5. The van der Waals surface area contributed by atoms with Gasteiger partial charge < -0.3 is 25.0 Å². The van der Waals surface area contributed by atoms with Crippen LogP contribution in [0.2, 0.25) is 0 Å². The van der Waals surface area contributed by atoms with Gasteiger partial charge in [-0.2, -0.15) is 0 Å². The third-order valence-corrected chi connectivity index (χ3v) is 5.92. The number of likely N-dealkylation sites (tertiary alicyclic amines) is 1. The minimum Gasteiger partial charge on any atom is -0.497 e. The molecule has 1 aliphatic rings. The van der Waals surface area contributed by atoms with Crippen molar-refractivity contribution in [1.29, 1.82) is 0 Å². The van der Waals surface area contributed by atoms with Crippen molar-refractivity contribution in [2.45, 2.75) is 25.0 Å². The van der Waals surface area contributed by atoms with E-state index in [0.29, 0.717) is 37.5 Å². The first-order valence-corrected chi connectivity index (χ1v) is 10.6. The van der Waals surface area contributed by atoms with Crippen LogP contribution in [-0.2, 0) is 10.4 Å². The van der Waals surface area contributed by atoms with Gasteiger partial charge in [-0.3, -0.25) is 4.79 Å². The Morgan fingerprint density at radius 2 is 2.06 bits per heavy atom. The minimum absolute atomic E-state index is 0.0688. The molecule has 0 spiro atoms. The normalized spacial score (nSPS) is 22.3. The molecule has 2 aromatic carbocycles. The summed E-state index contributed by atoms with van der Waals surface area (Å²) in [5.41, 5.74) is 0.307. The van der Waals surface area contributed by atoms with Gasteiger partial charge in [0, 0.05) is 31.2 Å². The Labute approximate surface area is 183 Å². The third kappa shape index (κ3) is 5.35. The number of hydrogen-bond acceptors (Lipinski definition) is 5. The number of aliphatic hydroxyl groups is 1. The lowest BCUT2D eigenvalue weighted by atomic mass is 9.75. The van der Waals surface area contributed by atoms with Crippen LogP contribution < -0.4 is 10.1 Å². The summed E-state index contributed by atoms with van der Waals surface area (Å²) in [4.78, 5) is 16.9. The van der Waals surface area contributed by atoms with Crippen molar-refractivity contribution >= 4 is 11.6 Å². The van der Waals surface area contributed by atoms with Gasteiger partial charge in [0.15, 0.2) is 0 Å². The van der Waals surface area contributed by atoms with E-state index < -0.39 is 11.6 Å². The Hall–Kier alpha value is -2.64. The summed E-state index contributed by atoms with van der Waals surface area (Å²) < 4.78 is 18.8. The van der Waals surface area contributed by atoms with Gasteiger partial charge in [-0.15, -0.1) is 0 Å². The van der Waals surface area contributed by atoms with Gasteiger partial charge in [0.25, 0.3) is 0 Å². The molecule has 6 nitrogen and oxygen atoms in total. The van der Waals surface area contributed by atoms with Gasteiger partial charge in [0.1, 0.15) is 17.6 Å². The van der Waals surface area contributed by atoms with E-state index in [0.717, 1.165) is 5.56 Å². The Kier molecular flexibility index (Phi) is 7.18. The topological polar surface area (TPSA) is 65.0 Å². The predicted octanol–water partition coefficient (Wildman–Crippen LogP) is 2.93. The SMILES string of the molecule is COc1cccc([C@]2(O)CCN(C(=O)C(C)Nc3cccc(F)c3)C[C@H]2CN(C)C)c1. The van der Waals surface area contributed by atoms with E-state index in [4.69, 9.17) is 4.74 Å². The fraction of sp³-hybridized carbons (Fsp3) is 0.458. The van der Waals surface area contributed by atoms with Crippen LogP contribution in [0.15, 0.2) is 48.5 Å². The molecule has 3 atom stereocenters. The maximum Gasteiger partial charge on any atom is 0.244 e. The summed E-state index contributed by atoms with van der Waals surface area (Å²) in [5.74, 6) is 0.104. The van der Waals surface area contributed by atoms with Gasteiger partial charge in [-0.1, -0.05) is 18.2 Å². The minimum atomic E-state index is -1.06. The van der Waals surface area contributed by atoms with Gasteiger partial charge in [0.2, 0.25) is 5.91 Å².